The van der Waals surface area contributed by atoms with Crippen molar-refractivity contribution in [2.75, 3.05) is 0 Å². The van der Waals surface area contributed by atoms with Crippen LogP contribution in [0.15, 0.2) is 18.2 Å². The van der Waals surface area contributed by atoms with Crippen LogP contribution in [0.3, 0.4) is 0 Å². The van der Waals surface area contributed by atoms with Gasteiger partial charge in [-0.3, -0.25) is 0 Å². The highest BCUT2D eigenvalue weighted by molar-refractivity contribution is 6.30. The Hall–Kier alpha value is -1.34. The van der Waals surface area contributed by atoms with E-state index in [4.69, 9.17) is 18.2 Å². The van der Waals surface area contributed by atoms with E-state index in [1.807, 2.05) is 0 Å². The first-order chi connectivity index (χ1) is 6.63. The van der Waals surface area contributed by atoms with E-state index in [1.165, 1.54) is 18.2 Å². The minimum atomic E-state index is -2.89. The molecule has 0 saturated heterocycles. The molecular weight excluding hydrogens is 212 g/mol. The lowest BCUT2D eigenvalue weighted by molar-refractivity contribution is -0.0503. The standard InChI is InChI=1S/C9H6ClF2NO/c1-13-5-6-4-7(10)2-3-8(6)14-9(11)12/h2-4,9H,5H2. The number of nitrogens with zero attached hydrogens (tertiary/aromatic N) is 1. The maximum Gasteiger partial charge on any atom is 0.387 e. The molecule has 2 nitrogen and oxygen atoms in total. The predicted molar refractivity (Wildman–Crippen MR) is 48.4 cm³/mol. The molecule has 1 aromatic carbocycles. The van der Waals surface area contributed by atoms with Gasteiger partial charge in [0.25, 0.3) is 0 Å². The van der Waals surface area contributed by atoms with Crippen LogP contribution in [0.4, 0.5) is 8.78 Å². The molecule has 0 aromatic heterocycles. The number of benzene rings is 1. The Morgan fingerprint density at radius 1 is 1.50 bits per heavy atom. The van der Waals surface area contributed by atoms with Crippen molar-refractivity contribution >= 4 is 11.6 Å². The molecule has 0 radical (unpaired) electrons. The highest BCUT2D eigenvalue weighted by Gasteiger charge is 2.11. The fourth-order valence-corrected chi connectivity index (χ4v) is 1.16. The Bertz CT molecular complexity index is 362. The van der Waals surface area contributed by atoms with Gasteiger partial charge in [-0.25, -0.2) is 6.57 Å². The van der Waals surface area contributed by atoms with Gasteiger partial charge < -0.3 is 9.58 Å². The number of alkyl halides is 2. The molecule has 0 bridgehead atoms. The van der Waals surface area contributed by atoms with Crippen LogP contribution in [0.1, 0.15) is 5.56 Å². The zero-order valence-corrected chi connectivity index (χ0v) is 7.76. The van der Waals surface area contributed by atoms with Crippen molar-refractivity contribution in [3.63, 3.8) is 0 Å². The minimum absolute atomic E-state index is 0.000370. The van der Waals surface area contributed by atoms with Crippen LogP contribution in [0.25, 0.3) is 4.85 Å². The lowest BCUT2D eigenvalue weighted by Crippen LogP contribution is -2.03. The summed E-state index contributed by atoms with van der Waals surface area (Å²) in [4.78, 5) is 3.08. The summed E-state index contributed by atoms with van der Waals surface area (Å²) in [5, 5.41) is 0.394. The van der Waals surface area contributed by atoms with Crippen molar-refractivity contribution in [1.29, 1.82) is 0 Å². The number of halogens is 3. The molecule has 0 amide bonds. The van der Waals surface area contributed by atoms with Crippen molar-refractivity contribution in [2.45, 2.75) is 13.2 Å². The fourth-order valence-electron chi connectivity index (χ4n) is 0.968. The first-order valence-electron chi connectivity index (χ1n) is 3.70. The Kier molecular flexibility index (Phi) is 3.66. The average Bonchev–Trinajstić information content (AvgIpc) is 2.09. The van der Waals surface area contributed by atoms with Crippen LogP contribution in [-0.4, -0.2) is 6.61 Å². The zero-order chi connectivity index (χ0) is 10.6. The molecule has 74 valence electrons. The summed E-state index contributed by atoms with van der Waals surface area (Å²) >= 11 is 5.64. The average molecular weight is 218 g/mol. The lowest BCUT2D eigenvalue weighted by atomic mass is 10.2. The van der Waals surface area contributed by atoms with Crippen LogP contribution in [0.5, 0.6) is 5.75 Å². The van der Waals surface area contributed by atoms with E-state index in [0.717, 1.165) is 0 Å². The molecule has 0 unspecified atom stereocenters. The summed E-state index contributed by atoms with van der Waals surface area (Å²) in [5.41, 5.74) is 0.368. The first-order valence-corrected chi connectivity index (χ1v) is 4.07. The highest BCUT2D eigenvalue weighted by atomic mass is 35.5. The van der Waals surface area contributed by atoms with E-state index >= 15 is 0 Å². The van der Waals surface area contributed by atoms with Crippen molar-refractivity contribution in [3.05, 3.63) is 40.2 Å². The normalized spacial score (nSPS) is 9.93. The van der Waals surface area contributed by atoms with E-state index in [0.29, 0.717) is 10.6 Å². The maximum absolute atomic E-state index is 11.9. The van der Waals surface area contributed by atoms with Gasteiger partial charge >= 0.3 is 6.61 Å². The van der Waals surface area contributed by atoms with Crippen molar-refractivity contribution in [1.82, 2.24) is 0 Å². The molecule has 0 aliphatic heterocycles. The first kappa shape index (κ1) is 10.7. The number of rotatable bonds is 3. The summed E-state index contributed by atoms with van der Waals surface area (Å²) in [7, 11) is 0. The molecule has 14 heavy (non-hydrogen) atoms. The van der Waals surface area contributed by atoms with Gasteiger partial charge in [-0.2, -0.15) is 8.78 Å². The van der Waals surface area contributed by atoms with Crippen molar-refractivity contribution < 1.29 is 13.5 Å². The molecule has 0 aliphatic rings. The lowest BCUT2D eigenvalue weighted by Gasteiger charge is -2.07. The van der Waals surface area contributed by atoms with Gasteiger partial charge in [0.1, 0.15) is 5.75 Å². The third kappa shape index (κ3) is 2.86. The predicted octanol–water partition coefficient (Wildman–Crippen LogP) is 3.36. The summed E-state index contributed by atoms with van der Waals surface area (Å²) in [6, 6.07) is 4.21. The molecule has 0 saturated carbocycles. The Morgan fingerprint density at radius 2 is 2.21 bits per heavy atom. The van der Waals surface area contributed by atoms with Gasteiger partial charge in [-0.1, -0.05) is 11.6 Å². The van der Waals surface area contributed by atoms with Crippen LogP contribution in [0, 0.1) is 6.57 Å². The third-order valence-corrected chi connectivity index (χ3v) is 1.72. The van der Waals surface area contributed by atoms with E-state index in [1.54, 1.807) is 0 Å². The van der Waals surface area contributed by atoms with Crippen molar-refractivity contribution in [2.24, 2.45) is 0 Å². The smallest absolute Gasteiger partial charge is 0.387 e. The molecule has 0 atom stereocenters. The maximum atomic E-state index is 11.9. The van der Waals surface area contributed by atoms with E-state index < -0.39 is 6.61 Å². The van der Waals surface area contributed by atoms with Gasteiger partial charge in [-0.05, 0) is 18.2 Å². The van der Waals surface area contributed by atoms with Crippen LogP contribution >= 0.6 is 11.6 Å². The molecule has 5 heteroatoms. The molecule has 1 aromatic rings. The molecule has 0 heterocycles. The molecule has 0 N–H and O–H groups in total. The summed E-state index contributed by atoms with van der Waals surface area (Å²) < 4.78 is 28.0. The SMILES string of the molecule is [C-]#[N+]Cc1cc(Cl)ccc1OC(F)F. The summed E-state index contributed by atoms with van der Waals surface area (Å²) in [5.74, 6) is 0.000370. The van der Waals surface area contributed by atoms with Gasteiger partial charge in [0.05, 0.1) is 5.56 Å². The molecule has 0 fully saturated rings. The minimum Gasteiger partial charge on any atom is -0.434 e. The topological polar surface area (TPSA) is 13.6 Å². The highest BCUT2D eigenvalue weighted by Crippen LogP contribution is 2.25. The summed E-state index contributed by atoms with van der Waals surface area (Å²) in [6.45, 7) is 3.72. The van der Waals surface area contributed by atoms with Crippen LogP contribution in [0.2, 0.25) is 5.02 Å². The van der Waals surface area contributed by atoms with Crippen LogP contribution < -0.4 is 4.74 Å². The van der Waals surface area contributed by atoms with Crippen molar-refractivity contribution in [3.8, 4) is 5.75 Å². The second-order valence-corrected chi connectivity index (χ2v) is 2.88. The van der Waals surface area contributed by atoms with E-state index in [9.17, 15) is 8.78 Å². The molecular formula is C9H6ClF2NO. The van der Waals surface area contributed by atoms with Crippen LogP contribution in [-0.2, 0) is 6.54 Å². The zero-order valence-electron chi connectivity index (χ0n) is 7.01. The van der Waals surface area contributed by atoms with Gasteiger partial charge in [-0.15, -0.1) is 0 Å². The quantitative estimate of drug-likeness (QED) is 0.708. The monoisotopic (exact) mass is 217 g/mol. The van der Waals surface area contributed by atoms with E-state index in [-0.39, 0.29) is 12.3 Å². The largest absolute Gasteiger partial charge is 0.434 e. The Balaban J connectivity index is 2.97. The number of ether oxygens (including phenoxy) is 1. The fraction of sp³-hybridized carbons (Fsp3) is 0.222. The molecule has 0 spiro atoms. The second-order valence-electron chi connectivity index (χ2n) is 2.45. The number of hydrogen-bond acceptors (Lipinski definition) is 1. The number of hydrogen-bond donors (Lipinski definition) is 0. The third-order valence-electron chi connectivity index (χ3n) is 1.49. The summed E-state index contributed by atoms with van der Waals surface area (Å²) in [6.07, 6.45) is 0. The Morgan fingerprint density at radius 3 is 2.79 bits per heavy atom. The molecule has 0 aliphatic carbocycles. The van der Waals surface area contributed by atoms with E-state index in [2.05, 4.69) is 9.58 Å². The van der Waals surface area contributed by atoms with Gasteiger partial charge in [0, 0.05) is 5.02 Å². The molecule has 1 rings (SSSR count). The van der Waals surface area contributed by atoms with Gasteiger partial charge in [0.2, 0.25) is 6.54 Å². The second kappa shape index (κ2) is 4.77. The Labute approximate surface area is 84.9 Å². The van der Waals surface area contributed by atoms with Gasteiger partial charge in [0.15, 0.2) is 0 Å².